The van der Waals surface area contributed by atoms with Crippen molar-refractivity contribution in [2.45, 2.75) is 175 Å². The normalized spacial score (nSPS) is 19.7. The third kappa shape index (κ3) is 16.4. The Kier molecular flexibility index (Phi) is 21.7. The second kappa shape index (κ2) is 30.1. The van der Waals surface area contributed by atoms with E-state index in [1.807, 2.05) is 85.4 Å². The van der Waals surface area contributed by atoms with Gasteiger partial charge in [0.25, 0.3) is 0 Å². The van der Waals surface area contributed by atoms with Gasteiger partial charge in [-0.15, -0.1) is 0 Å². The molecule has 5 aromatic heterocycles. The molecule has 9 heterocycles. The monoisotopic (exact) mass is 1440 g/mol. The Bertz CT molecular complexity index is 4100. The van der Waals surface area contributed by atoms with Crippen LogP contribution in [0, 0.1) is 13.8 Å². The lowest BCUT2D eigenvalue weighted by molar-refractivity contribution is 0.0581. The molecule has 0 spiro atoms. The number of nitrogens with zero attached hydrogens (tertiary/aromatic N) is 9. The summed E-state index contributed by atoms with van der Waals surface area (Å²) in [6.07, 6.45) is 10.9. The Hall–Kier alpha value is -6.53. The van der Waals surface area contributed by atoms with E-state index in [0.29, 0.717) is 101 Å². The molecular weight excluding hydrogens is 1360 g/mol. The molecule has 4 atom stereocenters. The number of ether oxygens (including phenoxy) is 9. The van der Waals surface area contributed by atoms with E-state index in [4.69, 9.17) is 94.3 Å². The van der Waals surface area contributed by atoms with Crippen LogP contribution in [0.15, 0.2) is 71.3 Å². The number of esters is 2. The van der Waals surface area contributed by atoms with Gasteiger partial charge in [0.1, 0.15) is 39.3 Å². The highest BCUT2D eigenvalue weighted by Crippen LogP contribution is 2.41. The highest BCUT2D eigenvalue weighted by Gasteiger charge is 2.32. The van der Waals surface area contributed by atoms with Gasteiger partial charge in [-0.2, -0.15) is 0 Å². The summed E-state index contributed by atoms with van der Waals surface area (Å²) in [6, 6.07) is 21.8. The number of carbonyl (C=O) groups is 2. The zero-order valence-electron chi connectivity index (χ0n) is 54.5. The number of aromatic nitrogens is 9. The third-order valence-corrected chi connectivity index (χ3v) is 18.9. The molecule has 0 radical (unpaired) electrons. The molecule has 0 unspecified atom stereocenters. The number of imidazole rings is 4. The molecule has 20 nitrogen and oxygen atoms in total. The van der Waals surface area contributed by atoms with E-state index in [2.05, 4.69) is 76.8 Å². The second-order valence-electron chi connectivity index (χ2n) is 25.0. The van der Waals surface area contributed by atoms with E-state index in [1.165, 1.54) is 25.6 Å². The number of benzene rings is 3. The fourth-order valence-corrected chi connectivity index (χ4v) is 13.5. The maximum absolute atomic E-state index is 12.2. The summed E-state index contributed by atoms with van der Waals surface area (Å²) in [5.74, 6) is 3.84. The standard InChI is InChI=1S/C24H26ClN3O2.C19H21ClN2O4.C17H18BrClN2O2.C10H13ClN2O3/c1-14-10-18(11-15(2)26-14)23-21-8-9-29-16(3)13-28(21)24(27-23)17-4-7-22(20(25)12-17)30-19-5-6-19;1-11-10-22-15(7-8-25-11)17(19(23)24-2)21-18(22)12-3-6-16(14(20)9-12)26-13-4-5-13;1-10-9-21-14(6-7-22-10)16(18)20-17(21)11-2-5-15(13(19)8-11)23-12-3-4-12;1-6-5-13-7(3-4-16-6)8(9(14)15-2)12-10(13)11/h4,7,10-12,16,19H,5-6,8-9,13H2,1-3H3;3,6,9,11,13H,4-5,7-8,10H2,1-2H3;2,5,8,10,12H,3-4,6-7,9H2,1H3;6H,3-5H2,1-2H3/t16-;11-;10-;6-/m1111/s1. The number of hydrogen-bond acceptors (Lipinski definition) is 16. The van der Waals surface area contributed by atoms with Gasteiger partial charge in [0.15, 0.2) is 11.4 Å². The molecule has 504 valence electrons. The molecule has 3 fully saturated rings. The van der Waals surface area contributed by atoms with Crippen molar-refractivity contribution in [3.63, 3.8) is 0 Å². The average molecular weight is 1440 g/mol. The number of carbonyl (C=O) groups excluding carboxylic acids is 2. The molecule has 8 aromatic rings. The maximum atomic E-state index is 12.2. The van der Waals surface area contributed by atoms with E-state index < -0.39 is 11.9 Å². The molecule has 95 heavy (non-hydrogen) atoms. The van der Waals surface area contributed by atoms with Crippen LogP contribution < -0.4 is 14.2 Å². The van der Waals surface area contributed by atoms with Crippen molar-refractivity contribution in [2.75, 3.05) is 40.6 Å². The topological polar surface area (TPSA) is 201 Å². The van der Waals surface area contributed by atoms with Crippen molar-refractivity contribution in [3.8, 4) is 62.7 Å². The fourth-order valence-electron chi connectivity index (χ4n) is 12.0. The van der Waals surface area contributed by atoms with Gasteiger partial charge in [0.05, 0.1) is 147 Å². The Morgan fingerprint density at radius 3 is 1.23 bits per heavy atom. The highest BCUT2D eigenvalue weighted by molar-refractivity contribution is 9.10. The first-order valence-corrected chi connectivity index (χ1v) is 34.8. The van der Waals surface area contributed by atoms with E-state index >= 15 is 0 Å². The first-order valence-electron chi connectivity index (χ1n) is 32.5. The number of fused-ring (bicyclic) bond motifs is 4. The van der Waals surface area contributed by atoms with Gasteiger partial charge in [-0.05, 0) is 174 Å². The number of halogens is 5. The van der Waals surface area contributed by atoms with Crippen LogP contribution in [0.1, 0.15) is 121 Å². The van der Waals surface area contributed by atoms with E-state index in [0.717, 1.165) is 150 Å². The quantitative estimate of drug-likeness (QED) is 0.104. The lowest BCUT2D eigenvalue weighted by Crippen LogP contribution is -2.15. The molecule has 0 amide bonds. The van der Waals surface area contributed by atoms with Crippen LogP contribution in [0.25, 0.3) is 45.4 Å². The average Bonchev–Trinajstić information content (AvgIpc) is 1.74. The molecule has 15 rings (SSSR count). The Morgan fingerprint density at radius 1 is 0.453 bits per heavy atom. The zero-order valence-corrected chi connectivity index (χ0v) is 59.1. The fraction of sp³-hybridized carbons (Fsp3) is 0.471. The number of rotatable bonds is 12. The second-order valence-corrected chi connectivity index (χ2v) is 27.3. The Labute approximate surface area is 581 Å². The van der Waals surface area contributed by atoms with Crippen molar-refractivity contribution >= 4 is 74.3 Å². The molecular formula is C70H78BrCl4N9O11. The smallest absolute Gasteiger partial charge is 0.358 e. The van der Waals surface area contributed by atoms with E-state index in [-0.39, 0.29) is 30.5 Å². The summed E-state index contributed by atoms with van der Waals surface area (Å²) in [6.45, 7) is 17.5. The largest absolute Gasteiger partial charge is 0.489 e. The van der Waals surface area contributed by atoms with Gasteiger partial charge in [0, 0.05) is 65.0 Å². The molecule has 0 bridgehead atoms. The van der Waals surface area contributed by atoms with Crippen LogP contribution in [-0.2, 0) is 80.3 Å². The zero-order chi connectivity index (χ0) is 66.8. The summed E-state index contributed by atoms with van der Waals surface area (Å²) < 4.78 is 59.4. The molecule has 3 saturated carbocycles. The first-order chi connectivity index (χ1) is 45.8. The summed E-state index contributed by atoms with van der Waals surface area (Å²) in [4.78, 5) is 46.7. The number of methoxy groups -OCH3 is 2. The van der Waals surface area contributed by atoms with Crippen molar-refractivity contribution in [1.29, 1.82) is 0 Å². The van der Waals surface area contributed by atoms with E-state index in [9.17, 15) is 9.59 Å². The van der Waals surface area contributed by atoms with Crippen LogP contribution in [0.5, 0.6) is 17.2 Å². The minimum atomic E-state index is -0.454. The van der Waals surface area contributed by atoms with Gasteiger partial charge in [-0.1, -0.05) is 34.8 Å². The lowest BCUT2D eigenvalue weighted by Gasteiger charge is -2.14. The SMILES string of the molecule is COC(=O)c1nc(-c2ccc(OC3CC3)c(Cl)c2)n2c1CCO[C@H](C)C2.COC(=O)c1nc(Cl)n2c1CCO[C@H](C)C2.C[C@@H]1Cn2c(-c3ccc(OC4CC4)c(Cl)c3)nc(Br)c2CCO1.Cc1cc(-c2nc(-c3ccc(OC4CC4)c(Cl)c3)n3c2CCO[C@H](C)C3)cc(C)n1. The van der Waals surface area contributed by atoms with Gasteiger partial charge in [-0.3, -0.25) is 4.98 Å². The number of pyridine rings is 1. The van der Waals surface area contributed by atoms with E-state index in [1.54, 1.807) is 0 Å². The highest BCUT2D eigenvalue weighted by atomic mass is 79.9. The molecule has 3 aromatic carbocycles. The first kappa shape index (κ1) is 68.4. The predicted molar refractivity (Wildman–Crippen MR) is 366 cm³/mol. The molecule has 3 aliphatic carbocycles. The van der Waals surface area contributed by atoms with Crippen LogP contribution in [0.3, 0.4) is 0 Å². The summed E-state index contributed by atoms with van der Waals surface area (Å²) in [7, 11) is 2.70. The van der Waals surface area contributed by atoms with Crippen LogP contribution in [-0.4, -0.2) is 139 Å². The molecule has 0 N–H and O–H groups in total. The molecule has 25 heteroatoms. The van der Waals surface area contributed by atoms with Crippen molar-refractivity contribution < 1.29 is 52.2 Å². The molecule has 0 saturated heterocycles. The van der Waals surface area contributed by atoms with Gasteiger partial charge < -0.3 is 60.9 Å². The van der Waals surface area contributed by atoms with Gasteiger partial charge in [-0.25, -0.2) is 29.5 Å². The van der Waals surface area contributed by atoms with Gasteiger partial charge in [0.2, 0.25) is 5.28 Å². The minimum Gasteiger partial charge on any atom is -0.489 e. The third-order valence-electron chi connectivity index (χ3n) is 17.1. The van der Waals surface area contributed by atoms with Gasteiger partial charge >= 0.3 is 11.9 Å². The minimum absolute atomic E-state index is 0.0302. The van der Waals surface area contributed by atoms with Crippen LogP contribution in [0.2, 0.25) is 20.4 Å². The van der Waals surface area contributed by atoms with Crippen LogP contribution in [0.4, 0.5) is 0 Å². The number of aryl methyl sites for hydroxylation is 2. The van der Waals surface area contributed by atoms with Crippen molar-refractivity contribution in [2.24, 2.45) is 0 Å². The summed E-state index contributed by atoms with van der Waals surface area (Å²) in [5, 5.41) is 2.13. The predicted octanol–water partition coefficient (Wildman–Crippen LogP) is 14.6. The van der Waals surface area contributed by atoms with Crippen LogP contribution >= 0.6 is 62.3 Å². The molecule has 4 aliphatic heterocycles. The summed E-state index contributed by atoms with van der Waals surface area (Å²) >= 11 is 29.0. The maximum Gasteiger partial charge on any atom is 0.358 e. The number of hydrogen-bond donors (Lipinski definition) is 0. The Morgan fingerprint density at radius 2 is 0.811 bits per heavy atom. The molecule has 7 aliphatic rings. The van der Waals surface area contributed by atoms with Crippen molar-refractivity contribution in [3.05, 3.63) is 137 Å². The lowest BCUT2D eigenvalue weighted by atomic mass is 10.1. The Balaban J connectivity index is 0.000000124. The van der Waals surface area contributed by atoms with Crippen molar-refractivity contribution in [1.82, 2.24) is 43.2 Å². The summed E-state index contributed by atoms with van der Waals surface area (Å²) in [5.41, 5.74) is 11.6.